The summed E-state index contributed by atoms with van der Waals surface area (Å²) in [4.78, 5) is 11.0. The number of ether oxygens (including phenoxy) is 1. The van der Waals surface area contributed by atoms with Crippen molar-refractivity contribution < 1.29 is 14.6 Å². The van der Waals surface area contributed by atoms with Gasteiger partial charge < -0.3 is 9.84 Å². The van der Waals surface area contributed by atoms with Crippen LogP contribution >= 0.6 is 0 Å². The number of aliphatic hydroxyl groups excluding tert-OH is 1. The Morgan fingerprint density at radius 2 is 1.88 bits per heavy atom. The zero-order chi connectivity index (χ0) is 12.2. The third-order valence-corrected chi connectivity index (χ3v) is 2.57. The molecule has 0 heterocycles. The smallest absolute Gasteiger partial charge is 0.305 e. The van der Waals surface area contributed by atoms with Crippen LogP contribution in [0.25, 0.3) is 0 Å². The molecule has 1 N–H and O–H groups in total. The quantitative estimate of drug-likeness (QED) is 0.463. The Morgan fingerprint density at radius 1 is 1.25 bits per heavy atom. The van der Waals surface area contributed by atoms with E-state index >= 15 is 0 Å². The van der Waals surface area contributed by atoms with Gasteiger partial charge >= 0.3 is 5.97 Å². The second-order valence-electron chi connectivity index (χ2n) is 4.06. The fourth-order valence-electron chi connectivity index (χ4n) is 1.54. The summed E-state index contributed by atoms with van der Waals surface area (Å²) >= 11 is 0. The molecule has 0 saturated carbocycles. The molecule has 1 unspecified atom stereocenters. The molecular formula is C13H25O3. The molecule has 1 atom stereocenters. The summed E-state index contributed by atoms with van der Waals surface area (Å²) in [6, 6.07) is 0. The van der Waals surface area contributed by atoms with E-state index in [0.29, 0.717) is 6.42 Å². The number of aliphatic hydroxyl groups is 1. The average molecular weight is 229 g/mol. The van der Waals surface area contributed by atoms with Gasteiger partial charge in [0, 0.05) is 6.42 Å². The van der Waals surface area contributed by atoms with E-state index in [2.05, 4.69) is 6.92 Å². The van der Waals surface area contributed by atoms with Gasteiger partial charge in [0.15, 0.2) is 0 Å². The van der Waals surface area contributed by atoms with Gasteiger partial charge in [-0.05, 0) is 12.8 Å². The molecule has 0 spiro atoms. The van der Waals surface area contributed by atoms with Gasteiger partial charge in [0.2, 0.25) is 0 Å². The monoisotopic (exact) mass is 229 g/mol. The summed E-state index contributed by atoms with van der Waals surface area (Å²) in [5, 5.41) is 9.03. The van der Waals surface area contributed by atoms with E-state index in [0.717, 1.165) is 25.7 Å². The fraction of sp³-hybridized carbons (Fsp3) is 0.846. The largest absolute Gasteiger partial charge is 0.460 e. The molecule has 0 aliphatic carbocycles. The lowest BCUT2D eigenvalue weighted by Gasteiger charge is -2.14. The number of hydrogen-bond acceptors (Lipinski definition) is 3. The Hall–Kier alpha value is -0.570. The molecule has 1 radical (unpaired) electrons. The Morgan fingerprint density at radius 3 is 2.44 bits per heavy atom. The van der Waals surface area contributed by atoms with Gasteiger partial charge in [-0.1, -0.05) is 46.0 Å². The molecular weight excluding hydrogens is 204 g/mol. The van der Waals surface area contributed by atoms with Crippen LogP contribution in [0, 0.1) is 6.92 Å². The molecule has 3 nitrogen and oxygen atoms in total. The van der Waals surface area contributed by atoms with Crippen LogP contribution in [0.3, 0.4) is 0 Å². The molecule has 0 saturated heterocycles. The number of esters is 1. The van der Waals surface area contributed by atoms with Gasteiger partial charge in [0.05, 0.1) is 6.61 Å². The Bertz CT molecular complexity index is 169. The van der Waals surface area contributed by atoms with Crippen LogP contribution in [0.5, 0.6) is 0 Å². The second kappa shape index (κ2) is 10.9. The zero-order valence-corrected chi connectivity index (χ0v) is 10.4. The maximum absolute atomic E-state index is 11.0. The zero-order valence-electron chi connectivity index (χ0n) is 10.4. The highest BCUT2D eigenvalue weighted by Crippen LogP contribution is 2.10. The molecule has 3 heteroatoms. The van der Waals surface area contributed by atoms with Crippen molar-refractivity contribution in [2.24, 2.45) is 0 Å². The van der Waals surface area contributed by atoms with Gasteiger partial charge in [-0.25, -0.2) is 0 Å². The summed E-state index contributed by atoms with van der Waals surface area (Å²) in [6.45, 7) is 5.49. The number of carbonyl (C=O) groups excluding carboxylic acids is 1. The van der Waals surface area contributed by atoms with E-state index in [1.165, 1.54) is 19.3 Å². The van der Waals surface area contributed by atoms with Crippen molar-refractivity contribution in [3.05, 3.63) is 6.92 Å². The van der Waals surface area contributed by atoms with Crippen molar-refractivity contribution in [2.75, 3.05) is 6.61 Å². The molecule has 0 fully saturated rings. The summed E-state index contributed by atoms with van der Waals surface area (Å²) in [5.74, 6) is -0.226. The van der Waals surface area contributed by atoms with Gasteiger partial charge in [0.1, 0.15) is 6.10 Å². The first-order chi connectivity index (χ1) is 7.74. The van der Waals surface area contributed by atoms with Crippen LogP contribution in [-0.2, 0) is 9.53 Å². The van der Waals surface area contributed by atoms with E-state index in [-0.39, 0.29) is 18.7 Å². The third kappa shape index (κ3) is 8.72. The van der Waals surface area contributed by atoms with Crippen molar-refractivity contribution in [1.82, 2.24) is 0 Å². The predicted molar refractivity (Wildman–Crippen MR) is 64.9 cm³/mol. The molecule has 0 amide bonds. The van der Waals surface area contributed by atoms with Crippen LogP contribution in [-0.4, -0.2) is 23.8 Å². The minimum absolute atomic E-state index is 0.0649. The summed E-state index contributed by atoms with van der Waals surface area (Å²) in [5.41, 5.74) is 0. The maximum atomic E-state index is 11.0. The molecule has 95 valence electrons. The van der Waals surface area contributed by atoms with Crippen LogP contribution < -0.4 is 0 Å². The lowest BCUT2D eigenvalue weighted by Crippen LogP contribution is -2.21. The van der Waals surface area contributed by atoms with Gasteiger partial charge in [-0.2, -0.15) is 0 Å². The van der Waals surface area contributed by atoms with Crippen molar-refractivity contribution in [3.8, 4) is 0 Å². The van der Waals surface area contributed by atoms with Crippen molar-refractivity contribution in [3.63, 3.8) is 0 Å². The standard InChI is InChI=1S/C13H25O3/c1-3-5-6-7-8-9-10-12(11-14)16-13(15)4-2/h12,14H,1,3-11H2,2H3. The Balaban J connectivity index is 3.44. The van der Waals surface area contributed by atoms with Gasteiger partial charge in [-0.15, -0.1) is 0 Å². The first-order valence-electron chi connectivity index (χ1n) is 6.34. The van der Waals surface area contributed by atoms with Crippen molar-refractivity contribution >= 4 is 5.97 Å². The van der Waals surface area contributed by atoms with Crippen LogP contribution in [0.2, 0.25) is 0 Å². The number of rotatable bonds is 10. The minimum Gasteiger partial charge on any atom is -0.460 e. The Kier molecular flexibility index (Phi) is 10.5. The first kappa shape index (κ1) is 15.4. The van der Waals surface area contributed by atoms with Crippen LogP contribution in [0.15, 0.2) is 0 Å². The Labute approximate surface area is 99.2 Å². The summed E-state index contributed by atoms with van der Waals surface area (Å²) in [7, 11) is 0. The van der Waals surface area contributed by atoms with Crippen molar-refractivity contribution in [1.29, 1.82) is 0 Å². The highest BCUT2D eigenvalue weighted by molar-refractivity contribution is 5.69. The van der Waals surface area contributed by atoms with Crippen LogP contribution in [0.1, 0.15) is 58.3 Å². The normalized spacial score (nSPS) is 12.4. The molecule has 0 aromatic carbocycles. The molecule has 0 rings (SSSR count). The SMILES string of the molecule is [CH2]CCCCCCCC(CO)OC(=O)CC. The third-order valence-electron chi connectivity index (χ3n) is 2.57. The first-order valence-corrected chi connectivity index (χ1v) is 6.34. The molecule has 0 aromatic rings. The highest BCUT2D eigenvalue weighted by atomic mass is 16.5. The lowest BCUT2D eigenvalue weighted by atomic mass is 10.1. The molecule has 0 aromatic heterocycles. The van der Waals surface area contributed by atoms with E-state index in [4.69, 9.17) is 9.84 Å². The van der Waals surface area contributed by atoms with Crippen molar-refractivity contribution in [2.45, 2.75) is 64.4 Å². The molecule has 0 aliphatic rings. The topological polar surface area (TPSA) is 46.5 Å². The van der Waals surface area contributed by atoms with E-state index in [9.17, 15) is 4.79 Å². The summed E-state index contributed by atoms with van der Waals surface area (Å²) < 4.78 is 5.08. The predicted octanol–water partition coefficient (Wildman–Crippen LogP) is 2.87. The summed E-state index contributed by atoms with van der Waals surface area (Å²) in [6.07, 6.45) is 7.62. The average Bonchev–Trinajstić information content (AvgIpc) is 2.31. The van der Waals surface area contributed by atoms with Gasteiger partial charge in [0.25, 0.3) is 0 Å². The maximum Gasteiger partial charge on any atom is 0.305 e. The molecule has 0 aliphatic heterocycles. The molecule has 16 heavy (non-hydrogen) atoms. The van der Waals surface area contributed by atoms with Gasteiger partial charge in [-0.3, -0.25) is 4.79 Å². The number of carbonyl (C=O) groups is 1. The minimum atomic E-state index is -0.305. The number of unbranched alkanes of at least 4 members (excludes halogenated alkanes) is 5. The fourth-order valence-corrected chi connectivity index (χ4v) is 1.54. The van der Waals surface area contributed by atoms with E-state index in [1.807, 2.05) is 0 Å². The van der Waals surface area contributed by atoms with E-state index in [1.54, 1.807) is 6.92 Å². The lowest BCUT2D eigenvalue weighted by molar-refractivity contribution is -0.151. The van der Waals surface area contributed by atoms with E-state index < -0.39 is 0 Å². The molecule has 0 bridgehead atoms. The second-order valence-corrected chi connectivity index (χ2v) is 4.06. The highest BCUT2D eigenvalue weighted by Gasteiger charge is 2.11. The van der Waals surface area contributed by atoms with Crippen LogP contribution in [0.4, 0.5) is 0 Å². The number of hydrogen-bond donors (Lipinski definition) is 1.